The third kappa shape index (κ3) is 7.50. The zero-order chi connectivity index (χ0) is 23.0. The number of benzene rings is 2. The van der Waals surface area contributed by atoms with E-state index in [1.165, 1.54) is 25.1 Å². The second kappa shape index (κ2) is 11.5. The number of esters is 1. The maximum atomic E-state index is 12.4. The highest BCUT2D eigenvalue weighted by Gasteiger charge is 2.24. The van der Waals surface area contributed by atoms with Crippen LogP contribution in [-0.2, 0) is 24.3 Å². The van der Waals surface area contributed by atoms with Crippen LogP contribution < -0.4 is 10.0 Å². The van der Waals surface area contributed by atoms with Gasteiger partial charge >= 0.3 is 5.97 Å². The molecule has 1 unspecified atom stereocenters. The summed E-state index contributed by atoms with van der Waals surface area (Å²) in [6, 6.07) is 11.8. The molecule has 0 spiro atoms. The van der Waals surface area contributed by atoms with Crippen molar-refractivity contribution in [2.24, 2.45) is 0 Å². The lowest BCUT2D eigenvalue weighted by Crippen LogP contribution is -2.41. The number of ether oxygens (including phenoxy) is 1. The normalized spacial score (nSPS) is 13.3. The molecule has 0 saturated heterocycles. The van der Waals surface area contributed by atoms with E-state index in [0.29, 0.717) is 0 Å². The Labute approximate surface area is 192 Å². The molecule has 0 saturated carbocycles. The summed E-state index contributed by atoms with van der Waals surface area (Å²) in [6.45, 7) is 2.80. The third-order valence-electron chi connectivity index (χ3n) is 4.35. The molecule has 0 bridgehead atoms. The molecule has 0 fully saturated rings. The Hall–Kier alpha value is -2.13. The van der Waals surface area contributed by atoms with Crippen molar-refractivity contribution < 1.29 is 22.7 Å². The van der Waals surface area contributed by atoms with Crippen LogP contribution in [0.15, 0.2) is 53.4 Å². The molecule has 2 N–H and O–H groups in total. The molecule has 7 nitrogen and oxygen atoms in total. The largest absolute Gasteiger partial charge is 0.454 e. The van der Waals surface area contributed by atoms with Gasteiger partial charge in [0.15, 0.2) is 6.61 Å². The number of carbonyl (C=O) groups excluding carboxylic acids is 2. The third-order valence-corrected chi connectivity index (χ3v) is 6.62. The van der Waals surface area contributed by atoms with Gasteiger partial charge < -0.3 is 10.1 Å². The van der Waals surface area contributed by atoms with E-state index in [-0.39, 0.29) is 21.0 Å². The maximum Gasteiger partial charge on any atom is 0.324 e. The molecule has 0 aliphatic heterocycles. The fraction of sp³-hybridized carbons (Fsp3) is 0.333. The molecule has 10 heteroatoms. The summed E-state index contributed by atoms with van der Waals surface area (Å²) in [5.74, 6) is -1.36. The van der Waals surface area contributed by atoms with Gasteiger partial charge in [-0.2, -0.15) is 4.72 Å². The van der Waals surface area contributed by atoms with Gasteiger partial charge in [-0.15, -0.1) is 0 Å². The molecule has 1 amide bonds. The van der Waals surface area contributed by atoms with E-state index >= 15 is 0 Å². The summed E-state index contributed by atoms with van der Waals surface area (Å²) in [5.41, 5.74) is 0.951. The Morgan fingerprint density at radius 1 is 1.06 bits per heavy atom. The summed E-state index contributed by atoms with van der Waals surface area (Å²) < 4.78 is 32.0. The molecule has 0 aliphatic carbocycles. The zero-order valence-corrected chi connectivity index (χ0v) is 19.4. The Balaban J connectivity index is 1.92. The fourth-order valence-electron chi connectivity index (χ4n) is 2.79. The Kier molecular flexibility index (Phi) is 9.31. The van der Waals surface area contributed by atoms with Crippen molar-refractivity contribution in [1.82, 2.24) is 10.0 Å². The van der Waals surface area contributed by atoms with Crippen molar-refractivity contribution >= 4 is 45.1 Å². The van der Waals surface area contributed by atoms with Crippen LogP contribution >= 0.6 is 23.2 Å². The van der Waals surface area contributed by atoms with Gasteiger partial charge in [0.05, 0.1) is 21.0 Å². The smallest absolute Gasteiger partial charge is 0.324 e. The van der Waals surface area contributed by atoms with Crippen molar-refractivity contribution in [3.8, 4) is 0 Å². The van der Waals surface area contributed by atoms with Crippen LogP contribution in [0, 0.1) is 0 Å². The van der Waals surface area contributed by atoms with E-state index in [2.05, 4.69) is 10.0 Å². The Morgan fingerprint density at radius 3 is 2.35 bits per heavy atom. The number of amides is 1. The minimum Gasteiger partial charge on any atom is -0.454 e. The minimum absolute atomic E-state index is 0.0662. The van der Waals surface area contributed by atoms with E-state index in [1.54, 1.807) is 0 Å². The van der Waals surface area contributed by atoms with Crippen LogP contribution in [0.25, 0.3) is 0 Å². The number of halogens is 2. The van der Waals surface area contributed by atoms with Crippen molar-refractivity contribution in [2.45, 2.75) is 43.7 Å². The second-order valence-electron chi connectivity index (χ2n) is 6.85. The first-order valence-electron chi connectivity index (χ1n) is 9.62. The number of hydrogen-bond donors (Lipinski definition) is 2. The average Bonchev–Trinajstić information content (AvgIpc) is 2.73. The van der Waals surface area contributed by atoms with Gasteiger partial charge in [-0.3, -0.25) is 9.59 Å². The predicted octanol–water partition coefficient (Wildman–Crippen LogP) is 3.86. The number of sulfonamides is 1. The molecule has 0 aliphatic rings. The van der Waals surface area contributed by atoms with E-state index < -0.39 is 34.5 Å². The van der Waals surface area contributed by atoms with E-state index in [9.17, 15) is 18.0 Å². The molecule has 0 radical (unpaired) electrons. The van der Waals surface area contributed by atoms with Crippen molar-refractivity contribution in [3.63, 3.8) is 0 Å². The number of hydrogen-bond acceptors (Lipinski definition) is 5. The van der Waals surface area contributed by atoms with Crippen LogP contribution in [-0.4, -0.2) is 32.9 Å². The summed E-state index contributed by atoms with van der Waals surface area (Å²) in [4.78, 5) is 24.3. The van der Waals surface area contributed by atoms with Gasteiger partial charge in [0.2, 0.25) is 10.0 Å². The number of nitrogens with one attached hydrogen (secondary N) is 2. The van der Waals surface area contributed by atoms with E-state index in [4.69, 9.17) is 27.9 Å². The number of rotatable bonds is 10. The Morgan fingerprint density at radius 2 is 1.74 bits per heavy atom. The summed E-state index contributed by atoms with van der Waals surface area (Å²) in [6.07, 6.45) is 1.58. The lowest BCUT2D eigenvalue weighted by atomic mass is 10.0. The predicted molar refractivity (Wildman–Crippen MR) is 119 cm³/mol. The van der Waals surface area contributed by atoms with Gasteiger partial charge in [0.25, 0.3) is 5.91 Å². The molecule has 2 aromatic carbocycles. The highest BCUT2D eigenvalue weighted by molar-refractivity contribution is 7.89. The first-order chi connectivity index (χ1) is 14.6. The van der Waals surface area contributed by atoms with E-state index in [0.717, 1.165) is 18.4 Å². The zero-order valence-electron chi connectivity index (χ0n) is 17.1. The first kappa shape index (κ1) is 25.1. The molecule has 0 heterocycles. The summed E-state index contributed by atoms with van der Waals surface area (Å²) in [7, 11) is -4.04. The quantitative estimate of drug-likeness (QED) is 0.496. The molecule has 2 atom stereocenters. The van der Waals surface area contributed by atoms with Crippen LogP contribution in [0.1, 0.15) is 38.3 Å². The lowest BCUT2D eigenvalue weighted by molar-refractivity contribution is -0.150. The molecule has 0 aromatic heterocycles. The summed E-state index contributed by atoms with van der Waals surface area (Å²) in [5, 5.41) is 3.10. The molecule has 2 rings (SSSR count). The maximum absolute atomic E-state index is 12.4. The first-order valence-corrected chi connectivity index (χ1v) is 11.9. The molecule has 31 heavy (non-hydrogen) atoms. The van der Waals surface area contributed by atoms with Gasteiger partial charge in [-0.25, -0.2) is 8.42 Å². The van der Waals surface area contributed by atoms with Gasteiger partial charge in [-0.1, -0.05) is 66.9 Å². The van der Waals surface area contributed by atoms with Gasteiger partial charge in [0.1, 0.15) is 6.04 Å². The molecular weight excluding hydrogens is 463 g/mol. The highest BCUT2D eigenvalue weighted by Crippen LogP contribution is 2.25. The topological polar surface area (TPSA) is 102 Å². The molecule has 2 aromatic rings. The fourth-order valence-corrected chi connectivity index (χ4v) is 4.37. The van der Waals surface area contributed by atoms with Crippen molar-refractivity contribution in [2.75, 3.05) is 6.61 Å². The van der Waals surface area contributed by atoms with Crippen molar-refractivity contribution in [1.29, 1.82) is 0 Å². The van der Waals surface area contributed by atoms with Crippen molar-refractivity contribution in [3.05, 3.63) is 64.1 Å². The van der Waals surface area contributed by atoms with Crippen LogP contribution in [0.2, 0.25) is 10.0 Å². The SMILES string of the molecule is CCCC(NC(=O)COC(=O)[C@H](C)NS(=O)(=O)c1ccc(Cl)c(Cl)c1)c1ccccc1. The molecule has 168 valence electrons. The Bertz CT molecular complexity index is 1020. The standard InChI is InChI=1S/C21H24Cl2N2O5S/c1-3-7-19(15-8-5-4-6-9-15)24-20(26)13-30-21(27)14(2)25-31(28,29)16-10-11-17(22)18(23)12-16/h4-6,8-12,14,19,25H,3,7,13H2,1-2H3,(H,24,26)/t14-,19?/m0/s1. The van der Waals surface area contributed by atoms with E-state index in [1.807, 2.05) is 37.3 Å². The van der Waals surface area contributed by atoms with Crippen LogP contribution in [0.5, 0.6) is 0 Å². The average molecular weight is 487 g/mol. The highest BCUT2D eigenvalue weighted by atomic mass is 35.5. The van der Waals surface area contributed by atoms with Gasteiger partial charge in [-0.05, 0) is 37.1 Å². The lowest BCUT2D eigenvalue weighted by Gasteiger charge is -2.19. The van der Waals surface area contributed by atoms with Gasteiger partial charge in [0, 0.05) is 0 Å². The second-order valence-corrected chi connectivity index (χ2v) is 9.37. The summed E-state index contributed by atoms with van der Waals surface area (Å²) >= 11 is 11.6. The van der Waals surface area contributed by atoms with Crippen LogP contribution in [0.4, 0.5) is 0 Å². The minimum atomic E-state index is -4.04. The monoisotopic (exact) mass is 486 g/mol. The van der Waals surface area contributed by atoms with Crippen LogP contribution in [0.3, 0.4) is 0 Å². The molecular formula is C21H24Cl2N2O5S. The number of carbonyl (C=O) groups is 2.